The molecule has 66 valence electrons. The molecule has 0 saturated carbocycles. The summed E-state index contributed by atoms with van der Waals surface area (Å²) in [6, 6.07) is 0. The molecule has 0 aromatic carbocycles. The fourth-order valence-corrected chi connectivity index (χ4v) is 0.826. The van der Waals surface area contributed by atoms with Crippen LogP contribution in [0.25, 0.3) is 0 Å². The van der Waals surface area contributed by atoms with Crippen molar-refractivity contribution < 1.29 is 50.0 Å². The van der Waals surface area contributed by atoms with Crippen molar-refractivity contribution in [1.29, 1.82) is 0 Å². The molecule has 2 atom stereocenters. The standard InChI is InChI=1S/C6H11O4P.Na.H/c1-9-5(7)3-4(11)6(8)10-2;;/h4H,3,11H2,1-2H3;;/q;+1;-1. The van der Waals surface area contributed by atoms with E-state index < -0.39 is 17.6 Å². The molecule has 0 bridgehead atoms. The van der Waals surface area contributed by atoms with Crippen LogP contribution in [0.15, 0.2) is 0 Å². The van der Waals surface area contributed by atoms with E-state index >= 15 is 0 Å². The van der Waals surface area contributed by atoms with E-state index in [4.69, 9.17) is 0 Å². The van der Waals surface area contributed by atoms with Gasteiger partial charge in [0, 0.05) is 0 Å². The third kappa shape index (κ3) is 5.95. The number of rotatable bonds is 3. The Kier molecular flexibility index (Phi) is 9.90. The largest absolute Gasteiger partial charge is 1.00 e. The molecule has 0 heterocycles. The summed E-state index contributed by atoms with van der Waals surface area (Å²) in [5, 5.41) is 0. The zero-order valence-electron chi connectivity index (χ0n) is 8.49. The van der Waals surface area contributed by atoms with Gasteiger partial charge in [-0.25, -0.2) is 0 Å². The van der Waals surface area contributed by atoms with Crippen LogP contribution in [0.2, 0.25) is 0 Å². The molecule has 6 heteroatoms. The van der Waals surface area contributed by atoms with Crippen molar-refractivity contribution in [3.05, 3.63) is 0 Å². The molecule has 0 N–H and O–H groups in total. The van der Waals surface area contributed by atoms with E-state index in [1.54, 1.807) is 0 Å². The van der Waals surface area contributed by atoms with Gasteiger partial charge < -0.3 is 10.9 Å². The fraction of sp³-hybridized carbons (Fsp3) is 0.667. The molecular weight excluding hydrogens is 190 g/mol. The van der Waals surface area contributed by atoms with Gasteiger partial charge in [-0.1, -0.05) is 0 Å². The SMILES string of the molecule is COC(=O)CC(P)C(=O)OC.[H-].[Na+]. The summed E-state index contributed by atoms with van der Waals surface area (Å²) in [6.07, 6.45) is 0.0356. The predicted octanol–water partition coefficient (Wildman–Crippen LogP) is -2.92. The average Bonchev–Trinajstić information content (AvgIpc) is 2.02. The van der Waals surface area contributed by atoms with E-state index in [-0.39, 0.29) is 37.4 Å². The van der Waals surface area contributed by atoms with E-state index in [0.29, 0.717) is 0 Å². The number of carbonyl (C=O) groups excluding carboxylic acids is 2. The number of esters is 2. The van der Waals surface area contributed by atoms with Crippen molar-refractivity contribution in [2.75, 3.05) is 14.2 Å². The van der Waals surface area contributed by atoms with Gasteiger partial charge >= 0.3 is 41.5 Å². The topological polar surface area (TPSA) is 52.6 Å². The van der Waals surface area contributed by atoms with Crippen molar-refractivity contribution in [3.63, 3.8) is 0 Å². The van der Waals surface area contributed by atoms with Crippen molar-refractivity contribution >= 4 is 21.2 Å². The first-order valence-corrected chi connectivity index (χ1v) is 3.68. The van der Waals surface area contributed by atoms with Gasteiger partial charge in [0.25, 0.3) is 0 Å². The molecular formula is C6H12NaO4P. The zero-order chi connectivity index (χ0) is 8.85. The van der Waals surface area contributed by atoms with Crippen LogP contribution in [0, 0.1) is 0 Å². The van der Waals surface area contributed by atoms with Gasteiger partial charge in [-0.3, -0.25) is 9.59 Å². The van der Waals surface area contributed by atoms with E-state index in [2.05, 4.69) is 18.7 Å². The second-order valence-corrected chi connectivity index (χ2v) is 2.71. The van der Waals surface area contributed by atoms with Gasteiger partial charge in [-0.2, -0.15) is 0 Å². The maximum atomic E-state index is 10.7. The number of carbonyl (C=O) groups is 2. The van der Waals surface area contributed by atoms with Gasteiger partial charge in [0.1, 0.15) is 0 Å². The van der Waals surface area contributed by atoms with Crippen LogP contribution in [0.4, 0.5) is 0 Å². The van der Waals surface area contributed by atoms with Crippen molar-refractivity contribution in [1.82, 2.24) is 0 Å². The predicted molar refractivity (Wildman–Crippen MR) is 43.3 cm³/mol. The summed E-state index contributed by atoms with van der Waals surface area (Å²) >= 11 is 0. The molecule has 0 spiro atoms. The summed E-state index contributed by atoms with van der Waals surface area (Å²) in [5.41, 5.74) is -0.507. The molecule has 0 rings (SSSR count). The second-order valence-electron chi connectivity index (χ2n) is 1.91. The molecule has 0 radical (unpaired) electrons. The summed E-state index contributed by atoms with van der Waals surface area (Å²) in [4.78, 5) is 21.3. The van der Waals surface area contributed by atoms with Gasteiger partial charge in [-0.05, 0) is 0 Å². The number of hydrogen-bond acceptors (Lipinski definition) is 4. The maximum Gasteiger partial charge on any atom is 1.00 e. The van der Waals surface area contributed by atoms with Gasteiger partial charge in [0.05, 0.1) is 26.3 Å². The van der Waals surface area contributed by atoms with Gasteiger partial charge in [0.2, 0.25) is 0 Å². The first-order chi connectivity index (χ1) is 5.11. The Bertz CT molecular complexity index is 167. The first-order valence-electron chi connectivity index (χ1n) is 3.02. The van der Waals surface area contributed by atoms with Crippen LogP contribution >= 0.6 is 9.24 Å². The molecule has 0 aliphatic heterocycles. The monoisotopic (exact) mass is 202 g/mol. The number of methoxy groups -OCH3 is 2. The molecule has 2 unspecified atom stereocenters. The first kappa shape index (κ1) is 14.9. The minimum atomic E-state index is -0.507. The zero-order valence-corrected chi connectivity index (χ0v) is 10.6. The van der Waals surface area contributed by atoms with Gasteiger partial charge in [0.15, 0.2) is 0 Å². The van der Waals surface area contributed by atoms with E-state index in [1.165, 1.54) is 14.2 Å². The van der Waals surface area contributed by atoms with Gasteiger partial charge in [-0.15, -0.1) is 9.24 Å². The maximum absolute atomic E-state index is 10.7. The summed E-state index contributed by atoms with van der Waals surface area (Å²) in [5.74, 6) is -0.851. The van der Waals surface area contributed by atoms with Crippen molar-refractivity contribution in [3.8, 4) is 0 Å². The van der Waals surface area contributed by atoms with Crippen LogP contribution in [0.5, 0.6) is 0 Å². The quantitative estimate of drug-likeness (QED) is 0.279. The molecule has 0 aromatic heterocycles. The summed E-state index contributed by atoms with van der Waals surface area (Å²) in [7, 11) is 4.77. The van der Waals surface area contributed by atoms with Crippen LogP contribution in [-0.2, 0) is 19.1 Å². The summed E-state index contributed by atoms with van der Waals surface area (Å²) < 4.78 is 8.75. The molecule has 12 heavy (non-hydrogen) atoms. The Balaban J connectivity index is -0.000000500. The smallest absolute Gasteiger partial charge is 1.00 e. The molecule has 0 fully saturated rings. The van der Waals surface area contributed by atoms with Crippen LogP contribution in [-0.4, -0.2) is 31.8 Å². The number of ether oxygens (including phenoxy) is 2. The Morgan fingerprint density at radius 1 is 1.42 bits per heavy atom. The minimum absolute atomic E-state index is 0. The third-order valence-electron chi connectivity index (χ3n) is 1.12. The Morgan fingerprint density at radius 2 is 1.92 bits per heavy atom. The minimum Gasteiger partial charge on any atom is -1.00 e. The van der Waals surface area contributed by atoms with Crippen LogP contribution < -0.4 is 29.6 Å². The Hall–Kier alpha value is 0.370. The van der Waals surface area contributed by atoms with E-state index in [1.807, 2.05) is 0 Å². The summed E-state index contributed by atoms with van der Waals surface area (Å²) in [6.45, 7) is 0. The molecule has 4 nitrogen and oxygen atoms in total. The van der Waals surface area contributed by atoms with Crippen LogP contribution in [0.1, 0.15) is 7.85 Å². The van der Waals surface area contributed by atoms with E-state index in [0.717, 1.165) is 0 Å². The molecule has 0 saturated heterocycles. The third-order valence-corrected chi connectivity index (χ3v) is 1.63. The second kappa shape index (κ2) is 7.99. The molecule has 0 aliphatic rings. The Labute approximate surface area is 97.3 Å². The molecule has 0 amide bonds. The normalized spacial score (nSPS) is 10.9. The average molecular weight is 202 g/mol. The van der Waals surface area contributed by atoms with E-state index in [9.17, 15) is 9.59 Å². The van der Waals surface area contributed by atoms with Crippen LogP contribution in [0.3, 0.4) is 0 Å². The molecule has 0 aromatic rings. The Morgan fingerprint density at radius 3 is 2.25 bits per heavy atom. The molecule has 0 aliphatic carbocycles. The fourth-order valence-electron chi connectivity index (χ4n) is 0.498. The number of hydrogen-bond donors (Lipinski definition) is 0. The van der Waals surface area contributed by atoms with Crippen molar-refractivity contribution in [2.24, 2.45) is 0 Å². The van der Waals surface area contributed by atoms with Crippen molar-refractivity contribution in [2.45, 2.75) is 12.1 Å².